The van der Waals surface area contributed by atoms with Gasteiger partial charge in [0.05, 0.1) is 10.5 Å². The third-order valence-electron chi connectivity index (χ3n) is 4.00. The van der Waals surface area contributed by atoms with E-state index in [9.17, 15) is 26.4 Å². The largest absolute Gasteiger partial charge is 0.416 e. The molecule has 0 bridgehead atoms. The van der Waals surface area contributed by atoms with E-state index >= 15 is 0 Å². The number of halogens is 3. The number of carbonyl (C=O) groups excluding carboxylic acids is 1. The van der Waals surface area contributed by atoms with E-state index in [0.29, 0.717) is 17.7 Å². The minimum Gasteiger partial charge on any atom is -0.326 e. The number of benzene rings is 2. The maximum absolute atomic E-state index is 12.7. The zero-order chi connectivity index (χ0) is 18.9. The van der Waals surface area contributed by atoms with E-state index in [-0.39, 0.29) is 29.3 Å². The van der Waals surface area contributed by atoms with Crippen LogP contribution >= 0.6 is 0 Å². The molecule has 5 nitrogen and oxygen atoms in total. The summed E-state index contributed by atoms with van der Waals surface area (Å²) in [5, 5.41) is 2.66. The van der Waals surface area contributed by atoms with Crippen LogP contribution in [-0.2, 0) is 34.0 Å². The molecule has 26 heavy (non-hydrogen) atoms. The molecule has 0 aliphatic carbocycles. The molecule has 1 heterocycles. The summed E-state index contributed by atoms with van der Waals surface area (Å²) in [5.41, 5.74) is 0.636. The van der Waals surface area contributed by atoms with Crippen molar-refractivity contribution in [1.82, 2.24) is 4.72 Å². The van der Waals surface area contributed by atoms with Crippen molar-refractivity contribution in [2.24, 2.45) is 0 Å². The predicted octanol–water partition coefficient (Wildman–Crippen LogP) is 3.07. The lowest BCUT2D eigenvalue weighted by Gasteiger charge is -2.17. The van der Waals surface area contributed by atoms with E-state index in [0.717, 1.165) is 12.1 Å². The summed E-state index contributed by atoms with van der Waals surface area (Å²) in [6.07, 6.45) is -3.79. The zero-order valence-electron chi connectivity index (χ0n) is 13.4. The van der Waals surface area contributed by atoms with Crippen molar-refractivity contribution < 1.29 is 26.4 Å². The molecule has 0 radical (unpaired) electrons. The minimum absolute atomic E-state index is 0.000579. The lowest BCUT2D eigenvalue weighted by Crippen LogP contribution is -2.24. The Labute approximate surface area is 148 Å². The molecule has 0 unspecified atom stereocenters. The molecule has 2 N–H and O–H groups in total. The van der Waals surface area contributed by atoms with Crippen LogP contribution in [0.25, 0.3) is 0 Å². The average Bonchev–Trinajstić information content (AvgIpc) is 2.59. The second-order valence-electron chi connectivity index (χ2n) is 5.89. The topological polar surface area (TPSA) is 75.3 Å². The second-order valence-corrected chi connectivity index (χ2v) is 7.66. The number of hydrogen-bond acceptors (Lipinski definition) is 3. The molecule has 0 fully saturated rings. The molecule has 2 aromatic rings. The molecule has 0 aromatic heterocycles. The lowest BCUT2D eigenvalue weighted by atomic mass is 10.0. The van der Waals surface area contributed by atoms with Crippen LogP contribution in [0.3, 0.4) is 0 Å². The van der Waals surface area contributed by atoms with Gasteiger partial charge < -0.3 is 5.32 Å². The van der Waals surface area contributed by atoms with Crippen molar-refractivity contribution >= 4 is 21.6 Å². The maximum Gasteiger partial charge on any atom is 0.416 e. The maximum atomic E-state index is 12.7. The molecule has 1 amide bonds. The third-order valence-corrected chi connectivity index (χ3v) is 5.40. The first-order valence-corrected chi connectivity index (χ1v) is 9.22. The summed E-state index contributed by atoms with van der Waals surface area (Å²) in [5.74, 6) is -0.129. The molecular formula is C17H15F3N2O3S. The molecular weight excluding hydrogens is 369 g/mol. The SMILES string of the molecule is O=C1CCc2cc(S(=O)(=O)NCc3cccc(C(F)(F)F)c3)ccc2N1. The van der Waals surface area contributed by atoms with Crippen molar-refractivity contribution in [2.45, 2.75) is 30.5 Å². The highest BCUT2D eigenvalue weighted by atomic mass is 32.2. The van der Waals surface area contributed by atoms with Gasteiger partial charge in [-0.1, -0.05) is 18.2 Å². The number of carbonyl (C=O) groups is 1. The summed E-state index contributed by atoms with van der Waals surface area (Å²) >= 11 is 0. The number of hydrogen-bond donors (Lipinski definition) is 2. The molecule has 9 heteroatoms. The number of rotatable bonds is 4. The van der Waals surface area contributed by atoms with Crippen LogP contribution in [0.15, 0.2) is 47.4 Å². The summed E-state index contributed by atoms with van der Waals surface area (Å²) in [6, 6.07) is 8.79. The van der Waals surface area contributed by atoms with Gasteiger partial charge in [0.2, 0.25) is 15.9 Å². The van der Waals surface area contributed by atoms with Crippen molar-refractivity contribution in [2.75, 3.05) is 5.32 Å². The summed E-state index contributed by atoms with van der Waals surface area (Å²) in [6.45, 7) is -0.264. The quantitative estimate of drug-likeness (QED) is 0.851. The molecule has 138 valence electrons. The van der Waals surface area contributed by atoms with Gasteiger partial charge in [-0.15, -0.1) is 0 Å². The number of aryl methyl sites for hydroxylation is 1. The molecule has 0 saturated heterocycles. The molecule has 0 saturated carbocycles. The number of sulfonamides is 1. The van der Waals surface area contributed by atoms with Crippen LogP contribution in [-0.4, -0.2) is 14.3 Å². The van der Waals surface area contributed by atoms with Crippen molar-refractivity contribution in [3.8, 4) is 0 Å². The van der Waals surface area contributed by atoms with Crippen LogP contribution < -0.4 is 10.0 Å². The van der Waals surface area contributed by atoms with Crippen molar-refractivity contribution in [1.29, 1.82) is 0 Å². The lowest BCUT2D eigenvalue weighted by molar-refractivity contribution is -0.137. The fourth-order valence-electron chi connectivity index (χ4n) is 2.65. The first-order valence-electron chi connectivity index (χ1n) is 7.74. The number of fused-ring (bicyclic) bond motifs is 1. The van der Waals surface area contributed by atoms with Gasteiger partial charge in [0.25, 0.3) is 0 Å². The fourth-order valence-corrected chi connectivity index (χ4v) is 3.71. The summed E-state index contributed by atoms with van der Waals surface area (Å²) in [7, 11) is -3.90. The number of alkyl halides is 3. The highest BCUT2D eigenvalue weighted by Gasteiger charge is 2.30. The Bertz CT molecular complexity index is 956. The Balaban J connectivity index is 1.77. The predicted molar refractivity (Wildman–Crippen MR) is 88.9 cm³/mol. The van der Waals surface area contributed by atoms with Crippen LogP contribution in [0.1, 0.15) is 23.1 Å². The molecule has 2 aromatic carbocycles. The molecule has 3 rings (SSSR count). The monoisotopic (exact) mass is 384 g/mol. The van der Waals surface area contributed by atoms with Gasteiger partial charge in [0, 0.05) is 18.7 Å². The number of nitrogens with one attached hydrogen (secondary N) is 2. The van der Waals surface area contributed by atoms with Gasteiger partial charge in [0.15, 0.2) is 0 Å². The van der Waals surface area contributed by atoms with Crippen LogP contribution in [0.4, 0.5) is 18.9 Å². The Morgan fingerprint density at radius 3 is 2.58 bits per heavy atom. The van der Waals surface area contributed by atoms with Gasteiger partial charge in [0.1, 0.15) is 0 Å². The van der Waals surface area contributed by atoms with Gasteiger partial charge in [-0.3, -0.25) is 4.79 Å². The standard InChI is InChI=1S/C17H15F3N2O3S/c18-17(19,20)13-3-1-2-11(8-13)10-21-26(24,25)14-5-6-15-12(9-14)4-7-16(23)22-15/h1-3,5-6,8-9,21H,4,7,10H2,(H,22,23). The highest BCUT2D eigenvalue weighted by molar-refractivity contribution is 7.89. The third kappa shape index (κ3) is 4.05. The summed E-state index contributed by atoms with van der Waals surface area (Å²) < 4.78 is 65.3. The van der Waals surface area contributed by atoms with Gasteiger partial charge in [-0.05, 0) is 41.8 Å². The Hall–Kier alpha value is -2.39. The van der Waals surface area contributed by atoms with E-state index < -0.39 is 21.8 Å². The van der Waals surface area contributed by atoms with Gasteiger partial charge in [-0.25, -0.2) is 13.1 Å². The first-order chi connectivity index (χ1) is 12.1. The van der Waals surface area contributed by atoms with E-state index in [4.69, 9.17) is 0 Å². The molecule has 0 spiro atoms. The number of amides is 1. The Morgan fingerprint density at radius 1 is 1.08 bits per heavy atom. The van der Waals surface area contributed by atoms with E-state index in [1.54, 1.807) is 0 Å². The first kappa shape index (κ1) is 18.4. The average molecular weight is 384 g/mol. The summed E-state index contributed by atoms with van der Waals surface area (Å²) in [4.78, 5) is 11.3. The van der Waals surface area contributed by atoms with Crippen LogP contribution in [0.2, 0.25) is 0 Å². The fraction of sp³-hybridized carbons (Fsp3) is 0.235. The Kier molecular flexibility index (Phi) is 4.76. The molecule has 1 aliphatic heterocycles. The van der Waals surface area contributed by atoms with E-state index in [1.165, 1.54) is 30.3 Å². The number of anilines is 1. The Morgan fingerprint density at radius 2 is 1.85 bits per heavy atom. The van der Waals surface area contributed by atoms with Crippen molar-refractivity contribution in [3.05, 3.63) is 59.2 Å². The van der Waals surface area contributed by atoms with Gasteiger partial charge >= 0.3 is 6.18 Å². The zero-order valence-corrected chi connectivity index (χ0v) is 14.2. The van der Waals surface area contributed by atoms with Crippen LogP contribution in [0.5, 0.6) is 0 Å². The van der Waals surface area contributed by atoms with E-state index in [1.807, 2.05) is 0 Å². The van der Waals surface area contributed by atoms with Crippen molar-refractivity contribution in [3.63, 3.8) is 0 Å². The highest BCUT2D eigenvalue weighted by Crippen LogP contribution is 2.30. The molecule has 0 atom stereocenters. The van der Waals surface area contributed by atoms with E-state index in [2.05, 4.69) is 10.0 Å². The smallest absolute Gasteiger partial charge is 0.326 e. The van der Waals surface area contributed by atoms with Crippen LogP contribution in [0, 0.1) is 0 Å². The normalized spacial score (nSPS) is 14.7. The minimum atomic E-state index is -4.49. The van der Waals surface area contributed by atoms with Gasteiger partial charge in [-0.2, -0.15) is 13.2 Å². The molecule has 1 aliphatic rings. The second kappa shape index (κ2) is 6.73.